The fraction of sp³-hybridized carbons (Fsp3) is 0.901. The van der Waals surface area contributed by atoms with Crippen LogP contribution in [0.5, 0.6) is 0 Å². The molecule has 19 heteroatoms. The van der Waals surface area contributed by atoms with Gasteiger partial charge in [-0.15, -0.1) is 0 Å². The molecule has 17 nitrogen and oxygen atoms in total. The van der Waals surface area contributed by atoms with E-state index in [0.717, 1.165) is 121 Å². The highest BCUT2D eigenvalue weighted by Crippen LogP contribution is 2.45. The van der Waals surface area contributed by atoms with E-state index in [1.165, 1.54) is 186 Å². The fourth-order valence-electron chi connectivity index (χ4n) is 11.9. The van der Waals surface area contributed by atoms with Crippen molar-refractivity contribution in [3.05, 3.63) is 24.3 Å². The Morgan fingerprint density at radius 3 is 0.810 bits per heavy atom. The lowest BCUT2D eigenvalue weighted by molar-refractivity contribution is -0.161. The van der Waals surface area contributed by atoms with E-state index in [-0.39, 0.29) is 25.7 Å². The zero-order chi connectivity index (χ0) is 73.7. The van der Waals surface area contributed by atoms with Crippen LogP contribution in [0.3, 0.4) is 0 Å². The molecule has 0 rings (SSSR count). The summed E-state index contributed by atoms with van der Waals surface area (Å²) in [5, 5.41) is 10.6. The molecule has 3 N–H and O–H groups in total. The molecule has 0 aromatic heterocycles. The second kappa shape index (κ2) is 70.8. The van der Waals surface area contributed by atoms with E-state index in [1.54, 1.807) is 0 Å². The van der Waals surface area contributed by atoms with Crippen LogP contribution in [0.1, 0.15) is 395 Å². The first kappa shape index (κ1) is 97.5. The minimum absolute atomic E-state index is 0.0850. The summed E-state index contributed by atoms with van der Waals surface area (Å²) < 4.78 is 68.6. The van der Waals surface area contributed by atoms with E-state index < -0.39 is 97.5 Å². The summed E-state index contributed by atoms with van der Waals surface area (Å²) in [6.07, 6.45) is 61.9. The van der Waals surface area contributed by atoms with Crippen LogP contribution in [0.25, 0.3) is 0 Å². The van der Waals surface area contributed by atoms with Gasteiger partial charge in [0.2, 0.25) is 0 Å². The largest absolute Gasteiger partial charge is 0.472 e. The van der Waals surface area contributed by atoms with Crippen LogP contribution in [0.2, 0.25) is 0 Å². The highest BCUT2D eigenvalue weighted by Gasteiger charge is 2.30. The van der Waals surface area contributed by atoms with Gasteiger partial charge in [0, 0.05) is 25.7 Å². The minimum Gasteiger partial charge on any atom is -0.462 e. The molecule has 0 fully saturated rings. The van der Waals surface area contributed by atoms with Crippen molar-refractivity contribution in [1.82, 2.24) is 0 Å². The fourth-order valence-corrected chi connectivity index (χ4v) is 13.5. The lowest BCUT2D eigenvalue weighted by Crippen LogP contribution is -2.30. The van der Waals surface area contributed by atoms with Crippen molar-refractivity contribution in [1.29, 1.82) is 0 Å². The third-order valence-corrected chi connectivity index (χ3v) is 20.2. The maximum atomic E-state index is 13.1. The van der Waals surface area contributed by atoms with Gasteiger partial charge in [-0.25, -0.2) is 9.13 Å². The highest BCUT2D eigenvalue weighted by molar-refractivity contribution is 7.47. The first-order valence-electron chi connectivity index (χ1n) is 41.2. The van der Waals surface area contributed by atoms with Gasteiger partial charge in [0.05, 0.1) is 26.4 Å². The second-order valence-electron chi connectivity index (χ2n) is 29.9. The highest BCUT2D eigenvalue weighted by atomic mass is 31.2. The van der Waals surface area contributed by atoms with E-state index in [2.05, 4.69) is 72.8 Å². The number of ether oxygens (including phenoxy) is 4. The molecule has 0 aliphatic rings. The summed E-state index contributed by atoms with van der Waals surface area (Å²) in [6.45, 7) is 11.9. The van der Waals surface area contributed by atoms with Crippen LogP contribution in [0.15, 0.2) is 24.3 Å². The molecule has 0 saturated heterocycles. The standard InChI is InChI=1S/C81H154O17P2/c1-8-9-10-11-12-13-14-15-18-24-30-35-42-50-57-64-80(85)97-76(68-91-78(83)62-55-48-41-34-29-26-21-23-28-33-39-46-53-60-73(4)5)70-95-99(87,88)93-66-75(82)67-94-100(89,90)96-71-77(69-92-79(84)63-56-49-44-37-40-47-54-61-74(6)7)98-81(86)65-58-51-43-36-31-25-20-17-16-19-22-27-32-38-45-52-59-72(2)3/h13-15,18,72-77,82H,8-12,16-17,19-71H2,1-7H3,(H,87,88)(H,89,90)/b14-13-,18-15-/t75?,76-,77-/m1/s1. The van der Waals surface area contributed by atoms with Crippen molar-refractivity contribution < 1.29 is 80.2 Å². The van der Waals surface area contributed by atoms with Crippen molar-refractivity contribution in [3.8, 4) is 0 Å². The molecule has 0 heterocycles. The summed E-state index contributed by atoms with van der Waals surface area (Å²) >= 11 is 0. The van der Waals surface area contributed by atoms with Gasteiger partial charge in [-0.2, -0.15) is 0 Å². The second-order valence-corrected chi connectivity index (χ2v) is 32.8. The molecule has 0 saturated carbocycles. The van der Waals surface area contributed by atoms with Gasteiger partial charge in [0.15, 0.2) is 12.2 Å². The number of aliphatic hydroxyl groups is 1. The summed E-state index contributed by atoms with van der Waals surface area (Å²) in [5.74, 6) is 0.158. The quantitative estimate of drug-likeness (QED) is 0.0169. The first-order chi connectivity index (χ1) is 48.2. The zero-order valence-corrected chi connectivity index (χ0v) is 66.9. The van der Waals surface area contributed by atoms with E-state index in [0.29, 0.717) is 31.6 Å². The Morgan fingerprint density at radius 1 is 0.310 bits per heavy atom. The molecular formula is C81H154O17P2. The molecule has 0 aliphatic carbocycles. The third kappa shape index (κ3) is 73.8. The van der Waals surface area contributed by atoms with E-state index in [1.807, 2.05) is 0 Å². The number of rotatable bonds is 77. The molecule has 100 heavy (non-hydrogen) atoms. The van der Waals surface area contributed by atoms with Gasteiger partial charge in [0.1, 0.15) is 19.3 Å². The molecule has 0 bridgehead atoms. The number of unbranched alkanes of at least 4 members (excludes halogenated alkanes) is 42. The SMILES string of the molecule is CCCCCC/C=C\C=C/CCCCCCCC(=O)O[C@H](COC(=O)CCCCCCCCCCCCCCCC(C)C)COP(=O)(O)OCC(O)COP(=O)(O)OC[C@@H](COC(=O)CCCCCCCCCC(C)C)OC(=O)CCCCCCCCCCCCCCCCCCC(C)C. The number of allylic oxidation sites excluding steroid dienone is 4. The first-order valence-corrected chi connectivity index (χ1v) is 44.2. The molecule has 0 spiro atoms. The van der Waals surface area contributed by atoms with Crippen molar-refractivity contribution in [3.63, 3.8) is 0 Å². The zero-order valence-electron chi connectivity index (χ0n) is 65.2. The molecule has 3 unspecified atom stereocenters. The predicted octanol–water partition coefficient (Wildman–Crippen LogP) is 23.7. The number of phosphoric ester groups is 2. The van der Waals surface area contributed by atoms with E-state index in [9.17, 15) is 43.2 Å². The molecule has 0 aliphatic heterocycles. The molecule has 590 valence electrons. The van der Waals surface area contributed by atoms with E-state index >= 15 is 0 Å². The maximum absolute atomic E-state index is 13.1. The topological polar surface area (TPSA) is 237 Å². The molecule has 5 atom stereocenters. The van der Waals surface area contributed by atoms with Crippen LogP contribution >= 0.6 is 15.6 Å². The Labute approximate surface area is 612 Å². The monoisotopic (exact) mass is 1460 g/mol. The van der Waals surface area contributed by atoms with Crippen LogP contribution in [-0.4, -0.2) is 96.7 Å². The van der Waals surface area contributed by atoms with Gasteiger partial charge in [-0.1, -0.05) is 342 Å². The van der Waals surface area contributed by atoms with Gasteiger partial charge >= 0.3 is 39.5 Å². The Bertz CT molecular complexity index is 2030. The Kier molecular flexibility index (Phi) is 69.1. The number of carbonyl (C=O) groups excluding carboxylic acids is 4. The molecule has 0 aromatic rings. The van der Waals surface area contributed by atoms with Crippen LogP contribution in [-0.2, 0) is 65.4 Å². The Morgan fingerprint density at radius 2 is 0.540 bits per heavy atom. The van der Waals surface area contributed by atoms with Crippen molar-refractivity contribution in [2.75, 3.05) is 39.6 Å². The average molecular weight is 1460 g/mol. The molecule has 0 amide bonds. The smallest absolute Gasteiger partial charge is 0.462 e. The van der Waals surface area contributed by atoms with Crippen LogP contribution in [0, 0.1) is 17.8 Å². The Hall–Kier alpha value is -2.46. The minimum atomic E-state index is -4.97. The van der Waals surface area contributed by atoms with E-state index in [4.69, 9.17) is 37.0 Å². The number of hydrogen-bond donors (Lipinski definition) is 3. The maximum Gasteiger partial charge on any atom is 0.472 e. The van der Waals surface area contributed by atoms with Gasteiger partial charge in [-0.05, 0) is 69.1 Å². The van der Waals surface area contributed by atoms with Crippen LogP contribution < -0.4 is 0 Å². The molecule has 0 aromatic carbocycles. The number of hydrogen-bond acceptors (Lipinski definition) is 15. The van der Waals surface area contributed by atoms with Gasteiger partial charge in [0.25, 0.3) is 0 Å². The summed E-state index contributed by atoms with van der Waals surface area (Å²) in [7, 11) is -9.93. The number of aliphatic hydroxyl groups excluding tert-OH is 1. The number of esters is 4. The summed E-state index contributed by atoms with van der Waals surface area (Å²) in [6, 6.07) is 0. The number of carbonyl (C=O) groups is 4. The lowest BCUT2D eigenvalue weighted by atomic mass is 10.0. The predicted molar refractivity (Wildman–Crippen MR) is 409 cm³/mol. The third-order valence-electron chi connectivity index (χ3n) is 18.3. The summed E-state index contributed by atoms with van der Waals surface area (Å²) in [5.41, 5.74) is 0. The molecular weight excluding hydrogens is 1310 g/mol. The van der Waals surface area contributed by atoms with Crippen LogP contribution in [0.4, 0.5) is 0 Å². The van der Waals surface area contributed by atoms with Gasteiger partial charge < -0.3 is 33.8 Å². The Balaban J connectivity index is 5.26. The van der Waals surface area contributed by atoms with Crippen molar-refractivity contribution >= 4 is 39.5 Å². The lowest BCUT2D eigenvalue weighted by Gasteiger charge is -2.21. The van der Waals surface area contributed by atoms with Crippen molar-refractivity contribution in [2.45, 2.75) is 414 Å². The van der Waals surface area contributed by atoms with Gasteiger partial charge in [-0.3, -0.25) is 37.3 Å². The number of phosphoric acid groups is 2. The summed E-state index contributed by atoms with van der Waals surface area (Å²) in [4.78, 5) is 73.0. The average Bonchev–Trinajstić information content (AvgIpc) is 0.910. The molecule has 0 radical (unpaired) electrons. The van der Waals surface area contributed by atoms with Crippen molar-refractivity contribution in [2.24, 2.45) is 17.8 Å². The normalized spacial score (nSPS) is 14.1.